The van der Waals surface area contributed by atoms with Gasteiger partial charge in [-0.1, -0.05) is 17.7 Å². The van der Waals surface area contributed by atoms with E-state index in [2.05, 4.69) is 22.1 Å². The van der Waals surface area contributed by atoms with Crippen LogP contribution in [0.1, 0.15) is 12.8 Å². The van der Waals surface area contributed by atoms with E-state index in [1.165, 1.54) is 6.20 Å². The lowest BCUT2D eigenvalue weighted by atomic mass is 10.3. The highest BCUT2D eigenvalue weighted by atomic mass is 35.5. The van der Waals surface area contributed by atoms with Crippen LogP contribution in [0.25, 0.3) is 0 Å². The van der Waals surface area contributed by atoms with Gasteiger partial charge in [-0.15, -0.1) is 6.58 Å². The van der Waals surface area contributed by atoms with Crippen molar-refractivity contribution >= 4 is 23.2 Å². The highest BCUT2D eigenvalue weighted by Gasteiger charge is 2.05. The Hall–Kier alpha value is -1.29. The Morgan fingerprint density at radius 2 is 2.62 bits per heavy atom. The fourth-order valence-corrected chi connectivity index (χ4v) is 0.948. The number of aromatic nitrogens is 2. The van der Waals surface area contributed by atoms with Gasteiger partial charge in [0, 0.05) is 6.42 Å². The summed E-state index contributed by atoms with van der Waals surface area (Å²) in [7, 11) is 0. The van der Waals surface area contributed by atoms with Crippen molar-refractivity contribution in [2.24, 2.45) is 0 Å². The fourth-order valence-electron chi connectivity index (χ4n) is 0.803. The SMILES string of the molecule is C=CCCC(=O)Nc1cn[nH]c1Cl. The zero-order valence-corrected chi connectivity index (χ0v) is 7.77. The second-order valence-electron chi connectivity index (χ2n) is 2.47. The van der Waals surface area contributed by atoms with Gasteiger partial charge < -0.3 is 5.32 Å². The zero-order valence-electron chi connectivity index (χ0n) is 7.01. The predicted molar refractivity (Wildman–Crippen MR) is 51.7 cm³/mol. The number of H-pyrrole nitrogens is 1. The molecular weight excluding hydrogens is 190 g/mol. The first-order valence-electron chi connectivity index (χ1n) is 3.83. The molecule has 0 atom stereocenters. The van der Waals surface area contributed by atoms with E-state index in [0.717, 1.165) is 0 Å². The largest absolute Gasteiger partial charge is 0.322 e. The maximum Gasteiger partial charge on any atom is 0.224 e. The third kappa shape index (κ3) is 2.91. The number of rotatable bonds is 4. The monoisotopic (exact) mass is 199 g/mol. The van der Waals surface area contributed by atoms with Crippen LogP contribution in [0.4, 0.5) is 5.69 Å². The van der Waals surface area contributed by atoms with E-state index in [1.807, 2.05) is 0 Å². The molecular formula is C8H10ClN3O. The first-order chi connectivity index (χ1) is 6.24. The maximum absolute atomic E-state index is 11.2. The van der Waals surface area contributed by atoms with E-state index < -0.39 is 0 Å². The van der Waals surface area contributed by atoms with Crippen LogP contribution >= 0.6 is 11.6 Å². The number of allylic oxidation sites excluding steroid dienone is 1. The molecule has 13 heavy (non-hydrogen) atoms. The topological polar surface area (TPSA) is 57.8 Å². The number of hydrogen-bond acceptors (Lipinski definition) is 2. The molecule has 0 spiro atoms. The summed E-state index contributed by atoms with van der Waals surface area (Å²) < 4.78 is 0. The molecule has 4 nitrogen and oxygen atoms in total. The lowest BCUT2D eigenvalue weighted by Gasteiger charge is -2.00. The summed E-state index contributed by atoms with van der Waals surface area (Å²) in [5, 5.41) is 9.13. The Bertz CT molecular complexity index is 308. The molecule has 1 aromatic rings. The molecule has 1 amide bonds. The van der Waals surface area contributed by atoms with Gasteiger partial charge in [-0.2, -0.15) is 5.10 Å². The van der Waals surface area contributed by atoms with Gasteiger partial charge >= 0.3 is 0 Å². The summed E-state index contributed by atoms with van der Waals surface area (Å²) in [4.78, 5) is 11.2. The predicted octanol–water partition coefficient (Wildman–Crippen LogP) is 1.97. The quantitative estimate of drug-likeness (QED) is 0.729. The van der Waals surface area contributed by atoms with Gasteiger partial charge in [0.05, 0.1) is 11.9 Å². The van der Waals surface area contributed by atoms with E-state index in [1.54, 1.807) is 6.08 Å². The molecule has 5 heteroatoms. The molecule has 0 saturated carbocycles. The molecule has 0 saturated heterocycles. The standard InChI is InChI=1S/C8H10ClN3O/c1-2-3-4-7(13)11-6-5-10-12-8(6)9/h2,5H,1,3-4H2,(H,10,12)(H,11,13). The van der Waals surface area contributed by atoms with Crippen molar-refractivity contribution < 1.29 is 4.79 Å². The summed E-state index contributed by atoms with van der Waals surface area (Å²) in [6, 6.07) is 0. The first-order valence-corrected chi connectivity index (χ1v) is 4.21. The summed E-state index contributed by atoms with van der Waals surface area (Å²) in [5.41, 5.74) is 0.510. The average Bonchev–Trinajstić information content (AvgIpc) is 2.48. The minimum Gasteiger partial charge on any atom is -0.322 e. The van der Waals surface area contributed by atoms with Gasteiger partial charge in [0.15, 0.2) is 0 Å². The molecule has 0 radical (unpaired) electrons. The molecule has 0 aliphatic heterocycles. The Kier molecular flexibility index (Phi) is 3.52. The minimum absolute atomic E-state index is 0.0943. The van der Waals surface area contributed by atoms with Crippen molar-refractivity contribution in [1.82, 2.24) is 10.2 Å². The van der Waals surface area contributed by atoms with Gasteiger partial charge in [0.1, 0.15) is 5.15 Å². The molecule has 0 aliphatic carbocycles. The number of nitrogens with zero attached hydrogens (tertiary/aromatic N) is 1. The lowest BCUT2D eigenvalue weighted by Crippen LogP contribution is -2.10. The van der Waals surface area contributed by atoms with Crippen LogP contribution in [0, 0.1) is 0 Å². The third-order valence-electron chi connectivity index (χ3n) is 1.44. The normalized spacial score (nSPS) is 9.62. The number of carbonyl (C=O) groups excluding carboxylic acids is 1. The van der Waals surface area contributed by atoms with Crippen molar-refractivity contribution in [3.8, 4) is 0 Å². The molecule has 1 heterocycles. The second-order valence-corrected chi connectivity index (χ2v) is 2.85. The van der Waals surface area contributed by atoms with Crippen molar-refractivity contribution in [2.75, 3.05) is 5.32 Å². The summed E-state index contributed by atoms with van der Waals surface area (Å²) in [6.45, 7) is 3.52. The zero-order chi connectivity index (χ0) is 9.68. The van der Waals surface area contributed by atoms with Crippen LogP contribution in [0.15, 0.2) is 18.9 Å². The van der Waals surface area contributed by atoms with E-state index >= 15 is 0 Å². The highest BCUT2D eigenvalue weighted by molar-refractivity contribution is 6.32. The van der Waals surface area contributed by atoms with Gasteiger partial charge in [0.25, 0.3) is 0 Å². The highest BCUT2D eigenvalue weighted by Crippen LogP contribution is 2.17. The van der Waals surface area contributed by atoms with Gasteiger partial charge in [0.2, 0.25) is 5.91 Å². The van der Waals surface area contributed by atoms with Crippen LogP contribution in [0.3, 0.4) is 0 Å². The molecule has 2 N–H and O–H groups in total. The molecule has 0 aromatic carbocycles. The summed E-state index contributed by atoms with van der Waals surface area (Å²) in [5.74, 6) is -0.0943. The van der Waals surface area contributed by atoms with Crippen molar-refractivity contribution in [2.45, 2.75) is 12.8 Å². The molecule has 0 aliphatic rings. The smallest absolute Gasteiger partial charge is 0.224 e. The van der Waals surface area contributed by atoms with Gasteiger partial charge in [-0.25, -0.2) is 0 Å². The first kappa shape index (κ1) is 9.80. The number of aromatic amines is 1. The lowest BCUT2D eigenvalue weighted by molar-refractivity contribution is -0.116. The number of nitrogens with one attached hydrogen (secondary N) is 2. The van der Waals surface area contributed by atoms with E-state index in [0.29, 0.717) is 23.7 Å². The van der Waals surface area contributed by atoms with Gasteiger partial charge in [-0.05, 0) is 6.42 Å². The van der Waals surface area contributed by atoms with E-state index in [-0.39, 0.29) is 5.91 Å². The summed E-state index contributed by atoms with van der Waals surface area (Å²) >= 11 is 5.66. The van der Waals surface area contributed by atoms with E-state index in [9.17, 15) is 4.79 Å². The fraction of sp³-hybridized carbons (Fsp3) is 0.250. The Balaban J connectivity index is 2.45. The van der Waals surface area contributed by atoms with Crippen molar-refractivity contribution in [3.05, 3.63) is 24.0 Å². The number of amides is 1. The molecule has 0 fully saturated rings. The third-order valence-corrected chi connectivity index (χ3v) is 1.73. The van der Waals surface area contributed by atoms with Crippen molar-refractivity contribution in [3.63, 3.8) is 0 Å². The van der Waals surface area contributed by atoms with Gasteiger partial charge in [-0.3, -0.25) is 9.89 Å². The second kappa shape index (κ2) is 4.67. The van der Waals surface area contributed by atoms with E-state index in [4.69, 9.17) is 11.6 Å². The number of halogens is 1. The average molecular weight is 200 g/mol. The van der Waals surface area contributed by atoms with Crippen LogP contribution in [0.2, 0.25) is 5.15 Å². The molecule has 1 aromatic heterocycles. The van der Waals surface area contributed by atoms with Crippen molar-refractivity contribution in [1.29, 1.82) is 0 Å². The molecule has 0 bridgehead atoms. The van der Waals surface area contributed by atoms with Crippen LogP contribution in [-0.4, -0.2) is 16.1 Å². The van der Waals surface area contributed by atoms with Crippen LogP contribution < -0.4 is 5.32 Å². The Labute approximate surface area is 81.0 Å². The number of anilines is 1. The molecule has 70 valence electrons. The minimum atomic E-state index is -0.0943. The molecule has 0 unspecified atom stereocenters. The Morgan fingerprint density at radius 1 is 1.85 bits per heavy atom. The van der Waals surface area contributed by atoms with Crippen LogP contribution in [-0.2, 0) is 4.79 Å². The van der Waals surface area contributed by atoms with Crippen LogP contribution in [0.5, 0.6) is 0 Å². The molecule has 1 rings (SSSR count). The Morgan fingerprint density at radius 3 is 3.15 bits per heavy atom. The maximum atomic E-state index is 11.2. The number of carbonyl (C=O) groups is 1. The number of hydrogen-bond donors (Lipinski definition) is 2. The summed E-state index contributed by atoms with van der Waals surface area (Å²) in [6.07, 6.45) is 4.22.